The van der Waals surface area contributed by atoms with E-state index >= 15 is 0 Å². The predicted molar refractivity (Wildman–Crippen MR) is 78.0 cm³/mol. The minimum Gasteiger partial charge on any atom is -0.383 e. The van der Waals surface area contributed by atoms with Crippen molar-refractivity contribution in [1.82, 2.24) is 10.2 Å². The summed E-state index contributed by atoms with van der Waals surface area (Å²) in [5, 5.41) is 3.50. The molecule has 0 aliphatic carbocycles. The van der Waals surface area contributed by atoms with Gasteiger partial charge in [-0.1, -0.05) is 20.3 Å². The molecular weight excluding hydrogens is 224 g/mol. The molecule has 0 aromatic carbocycles. The van der Waals surface area contributed by atoms with Crippen LogP contribution in [-0.4, -0.2) is 51.3 Å². The fraction of sp³-hybridized carbons (Fsp3) is 1.00. The van der Waals surface area contributed by atoms with Crippen LogP contribution in [0.5, 0.6) is 0 Å². The molecule has 1 saturated heterocycles. The fourth-order valence-electron chi connectivity index (χ4n) is 2.99. The Hall–Kier alpha value is -0.120. The second-order valence-electron chi connectivity index (χ2n) is 5.86. The number of piperidine rings is 1. The van der Waals surface area contributed by atoms with Gasteiger partial charge in [0, 0.05) is 26.7 Å². The molecule has 0 aromatic heterocycles. The average Bonchev–Trinajstić information content (AvgIpc) is 2.35. The second-order valence-corrected chi connectivity index (χ2v) is 5.86. The normalized spacial score (nSPS) is 23.2. The van der Waals surface area contributed by atoms with Gasteiger partial charge in [0.05, 0.1) is 6.61 Å². The predicted octanol–water partition coefficient (Wildman–Crippen LogP) is 2.37. The maximum atomic E-state index is 5.06. The lowest BCUT2D eigenvalue weighted by atomic mass is 9.96. The molecule has 0 amide bonds. The maximum Gasteiger partial charge on any atom is 0.0587 e. The molecule has 18 heavy (non-hydrogen) atoms. The van der Waals surface area contributed by atoms with Crippen LogP contribution in [0.2, 0.25) is 0 Å². The van der Waals surface area contributed by atoms with E-state index in [2.05, 4.69) is 24.1 Å². The molecule has 1 N–H and O–H groups in total. The van der Waals surface area contributed by atoms with Gasteiger partial charge in [-0.3, -0.25) is 0 Å². The van der Waals surface area contributed by atoms with Gasteiger partial charge in [0.15, 0.2) is 0 Å². The molecule has 0 saturated carbocycles. The second kappa shape index (κ2) is 9.76. The van der Waals surface area contributed by atoms with Gasteiger partial charge in [0.1, 0.15) is 0 Å². The molecule has 108 valence electrons. The number of nitrogens with one attached hydrogen (secondary N) is 1. The maximum absolute atomic E-state index is 5.06. The smallest absolute Gasteiger partial charge is 0.0587 e. The Bertz CT molecular complexity index is 199. The summed E-state index contributed by atoms with van der Waals surface area (Å²) in [6.07, 6.45) is 5.44. The highest BCUT2D eigenvalue weighted by atomic mass is 16.5. The molecule has 0 aromatic rings. The molecule has 1 fully saturated rings. The van der Waals surface area contributed by atoms with Crippen molar-refractivity contribution < 1.29 is 4.74 Å². The number of methoxy groups -OCH3 is 1. The first-order valence-electron chi connectivity index (χ1n) is 7.68. The molecule has 3 heteroatoms. The van der Waals surface area contributed by atoms with E-state index in [4.69, 9.17) is 4.74 Å². The summed E-state index contributed by atoms with van der Waals surface area (Å²) in [7, 11) is 1.76. The lowest BCUT2D eigenvalue weighted by Gasteiger charge is -2.34. The SMILES string of the molecule is CCCC(C)CN1CCCC(CNCCOC)C1. The number of likely N-dealkylation sites (tertiary alicyclic amines) is 1. The number of hydrogen-bond acceptors (Lipinski definition) is 3. The largest absolute Gasteiger partial charge is 0.383 e. The molecule has 2 atom stereocenters. The summed E-state index contributed by atoms with van der Waals surface area (Å²) in [5.74, 6) is 1.69. The summed E-state index contributed by atoms with van der Waals surface area (Å²) >= 11 is 0. The van der Waals surface area contributed by atoms with E-state index in [1.807, 2.05) is 0 Å². The zero-order chi connectivity index (χ0) is 13.2. The third-order valence-corrected chi connectivity index (χ3v) is 3.87. The van der Waals surface area contributed by atoms with Crippen LogP contribution in [-0.2, 0) is 4.74 Å². The van der Waals surface area contributed by atoms with Crippen molar-refractivity contribution in [1.29, 1.82) is 0 Å². The van der Waals surface area contributed by atoms with Crippen LogP contribution >= 0.6 is 0 Å². The Morgan fingerprint density at radius 2 is 2.28 bits per heavy atom. The highest BCUT2D eigenvalue weighted by Gasteiger charge is 2.20. The molecule has 0 radical (unpaired) electrons. The van der Waals surface area contributed by atoms with Gasteiger partial charge in [-0.25, -0.2) is 0 Å². The van der Waals surface area contributed by atoms with Gasteiger partial charge < -0.3 is 15.0 Å². The van der Waals surface area contributed by atoms with Gasteiger partial charge in [-0.2, -0.15) is 0 Å². The fourth-order valence-corrected chi connectivity index (χ4v) is 2.99. The Morgan fingerprint density at radius 1 is 1.44 bits per heavy atom. The van der Waals surface area contributed by atoms with Crippen LogP contribution in [0.1, 0.15) is 39.5 Å². The summed E-state index contributed by atoms with van der Waals surface area (Å²) in [4.78, 5) is 2.67. The van der Waals surface area contributed by atoms with Crippen molar-refractivity contribution in [2.45, 2.75) is 39.5 Å². The van der Waals surface area contributed by atoms with Crippen LogP contribution in [0.4, 0.5) is 0 Å². The number of nitrogens with zero attached hydrogens (tertiary/aromatic N) is 1. The molecular formula is C15H32N2O. The van der Waals surface area contributed by atoms with Crippen molar-refractivity contribution in [2.24, 2.45) is 11.8 Å². The highest BCUT2D eigenvalue weighted by molar-refractivity contribution is 4.75. The van der Waals surface area contributed by atoms with Crippen molar-refractivity contribution in [3.8, 4) is 0 Å². The van der Waals surface area contributed by atoms with Gasteiger partial charge in [0.2, 0.25) is 0 Å². The molecule has 1 rings (SSSR count). The Balaban J connectivity index is 2.15. The van der Waals surface area contributed by atoms with E-state index in [0.717, 1.165) is 31.5 Å². The van der Waals surface area contributed by atoms with E-state index < -0.39 is 0 Å². The summed E-state index contributed by atoms with van der Waals surface area (Å²) in [6, 6.07) is 0. The minimum absolute atomic E-state index is 0.823. The first-order chi connectivity index (χ1) is 8.76. The quantitative estimate of drug-likeness (QED) is 0.641. The van der Waals surface area contributed by atoms with Crippen LogP contribution in [0.25, 0.3) is 0 Å². The minimum atomic E-state index is 0.823. The lowest BCUT2D eigenvalue weighted by Crippen LogP contribution is -2.41. The van der Waals surface area contributed by atoms with Gasteiger partial charge in [-0.15, -0.1) is 0 Å². The summed E-state index contributed by atoms with van der Waals surface area (Å²) in [6.45, 7) is 11.5. The molecule has 1 aliphatic rings. The van der Waals surface area contributed by atoms with Gasteiger partial charge in [0.25, 0.3) is 0 Å². The van der Waals surface area contributed by atoms with E-state index in [0.29, 0.717) is 0 Å². The monoisotopic (exact) mass is 256 g/mol. The highest BCUT2D eigenvalue weighted by Crippen LogP contribution is 2.18. The van der Waals surface area contributed by atoms with Crippen molar-refractivity contribution in [3.05, 3.63) is 0 Å². The third-order valence-electron chi connectivity index (χ3n) is 3.87. The topological polar surface area (TPSA) is 24.5 Å². The van der Waals surface area contributed by atoms with E-state index in [1.165, 1.54) is 45.3 Å². The Kier molecular flexibility index (Phi) is 8.64. The van der Waals surface area contributed by atoms with Gasteiger partial charge >= 0.3 is 0 Å². The lowest BCUT2D eigenvalue weighted by molar-refractivity contribution is 0.147. The molecule has 3 nitrogen and oxygen atoms in total. The van der Waals surface area contributed by atoms with Crippen molar-refractivity contribution in [3.63, 3.8) is 0 Å². The summed E-state index contributed by atoms with van der Waals surface area (Å²) < 4.78 is 5.06. The van der Waals surface area contributed by atoms with Crippen molar-refractivity contribution in [2.75, 3.05) is 46.4 Å². The third kappa shape index (κ3) is 6.72. The number of rotatable bonds is 9. The average molecular weight is 256 g/mol. The summed E-state index contributed by atoms with van der Waals surface area (Å²) in [5.41, 5.74) is 0. The van der Waals surface area contributed by atoms with E-state index in [9.17, 15) is 0 Å². The first-order valence-corrected chi connectivity index (χ1v) is 7.68. The molecule has 0 bridgehead atoms. The standard InChI is InChI=1S/C15H32N2O/c1-4-6-14(2)12-17-9-5-7-15(13-17)11-16-8-10-18-3/h14-16H,4-13H2,1-3H3. The van der Waals surface area contributed by atoms with E-state index in [1.54, 1.807) is 7.11 Å². The zero-order valence-corrected chi connectivity index (χ0v) is 12.6. The molecule has 1 heterocycles. The van der Waals surface area contributed by atoms with E-state index in [-0.39, 0.29) is 0 Å². The molecule has 0 spiro atoms. The van der Waals surface area contributed by atoms with Crippen LogP contribution in [0.15, 0.2) is 0 Å². The molecule has 1 aliphatic heterocycles. The van der Waals surface area contributed by atoms with Crippen molar-refractivity contribution >= 4 is 0 Å². The number of hydrogen-bond donors (Lipinski definition) is 1. The van der Waals surface area contributed by atoms with Gasteiger partial charge in [-0.05, 0) is 44.2 Å². The first kappa shape index (κ1) is 15.9. The Labute approximate surface area is 113 Å². The van der Waals surface area contributed by atoms with Crippen LogP contribution in [0, 0.1) is 11.8 Å². The number of ether oxygens (including phenoxy) is 1. The zero-order valence-electron chi connectivity index (χ0n) is 12.6. The van der Waals surface area contributed by atoms with Crippen LogP contribution < -0.4 is 5.32 Å². The Morgan fingerprint density at radius 3 is 3.00 bits per heavy atom. The van der Waals surface area contributed by atoms with Crippen LogP contribution in [0.3, 0.4) is 0 Å². The molecule has 2 unspecified atom stereocenters.